The van der Waals surface area contributed by atoms with Crippen molar-refractivity contribution in [2.24, 2.45) is 0 Å². The first-order valence-corrected chi connectivity index (χ1v) is 15.1. The van der Waals surface area contributed by atoms with E-state index in [0.717, 1.165) is 23.3 Å². The molecular formula is C33H33F6N5O2. The van der Waals surface area contributed by atoms with Gasteiger partial charge in [0.05, 0.1) is 42.0 Å². The van der Waals surface area contributed by atoms with Crippen molar-refractivity contribution in [2.45, 2.75) is 87.9 Å². The SMILES string of the molecule is CC(O)Cn1nnc([C@@H]2C[C@@]3(c4ccccc4)[C@H](OCc4cc(C(F)(F)F)cc(C(F)(F)F)c4)CC[C@@H]2N3Cc2ccccc2)n1. The molecule has 1 aromatic heterocycles. The predicted octanol–water partition coefficient (Wildman–Crippen LogP) is 6.72. The van der Waals surface area contributed by atoms with Crippen LogP contribution in [-0.4, -0.2) is 48.5 Å². The van der Waals surface area contributed by atoms with E-state index in [1.807, 2.05) is 60.7 Å². The minimum absolute atomic E-state index is 0.0603. The lowest BCUT2D eigenvalue weighted by Gasteiger charge is -2.50. The number of piperidine rings is 1. The Kier molecular flexibility index (Phi) is 8.68. The fraction of sp³-hybridized carbons (Fsp3) is 0.424. The molecule has 3 aromatic carbocycles. The zero-order valence-electron chi connectivity index (χ0n) is 24.9. The second-order valence-corrected chi connectivity index (χ2v) is 12.1. The van der Waals surface area contributed by atoms with Gasteiger partial charge in [-0.1, -0.05) is 60.7 Å². The van der Waals surface area contributed by atoms with E-state index in [0.29, 0.717) is 31.6 Å². The smallest absolute Gasteiger partial charge is 0.391 e. The molecule has 2 saturated heterocycles. The molecule has 5 atom stereocenters. The van der Waals surface area contributed by atoms with Crippen molar-refractivity contribution in [3.05, 3.63) is 113 Å². The lowest BCUT2D eigenvalue weighted by molar-refractivity contribution is -0.143. The Morgan fingerprint density at radius 1 is 0.891 bits per heavy atom. The van der Waals surface area contributed by atoms with Crippen molar-refractivity contribution in [1.82, 2.24) is 25.1 Å². The summed E-state index contributed by atoms with van der Waals surface area (Å²) in [5.74, 6) is 0.306. The highest BCUT2D eigenvalue weighted by atomic mass is 19.4. The molecule has 1 unspecified atom stereocenters. The number of alkyl halides is 6. The Morgan fingerprint density at radius 2 is 1.52 bits per heavy atom. The molecule has 7 nitrogen and oxygen atoms in total. The van der Waals surface area contributed by atoms with E-state index in [1.54, 1.807) is 6.92 Å². The number of halogens is 6. The zero-order valence-corrected chi connectivity index (χ0v) is 24.9. The topological polar surface area (TPSA) is 76.3 Å². The van der Waals surface area contributed by atoms with Crippen LogP contribution in [0, 0.1) is 0 Å². The van der Waals surface area contributed by atoms with Crippen LogP contribution in [0.15, 0.2) is 78.9 Å². The highest BCUT2D eigenvalue weighted by Crippen LogP contribution is 2.57. The first-order valence-electron chi connectivity index (χ1n) is 15.1. The molecule has 0 spiro atoms. The van der Waals surface area contributed by atoms with Gasteiger partial charge in [0.2, 0.25) is 0 Å². The van der Waals surface area contributed by atoms with Crippen LogP contribution in [0.1, 0.15) is 65.7 Å². The molecule has 3 heterocycles. The van der Waals surface area contributed by atoms with E-state index in [1.165, 1.54) is 4.80 Å². The number of benzene rings is 3. The zero-order chi connectivity index (χ0) is 32.7. The summed E-state index contributed by atoms with van der Waals surface area (Å²) in [5, 5.41) is 23.0. The largest absolute Gasteiger partial charge is 0.416 e. The highest BCUT2D eigenvalue weighted by molar-refractivity contribution is 5.35. The van der Waals surface area contributed by atoms with Gasteiger partial charge in [-0.2, -0.15) is 31.1 Å². The molecule has 2 bridgehead atoms. The van der Waals surface area contributed by atoms with E-state index in [-0.39, 0.29) is 30.1 Å². The molecule has 0 saturated carbocycles. The number of aliphatic hydroxyl groups is 1. The van der Waals surface area contributed by atoms with Crippen molar-refractivity contribution in [3.8, 4) is 0 Å². The summed E-state index contributed by atoms with van der Waals surface area (Å²) in [7, 11) is 0. The number of aromatic nitrogens is 4. The number of aliphatic hydroxyl groups excluding tert-OH is 1. The molecule has 0 amide bonds. The Hall–Kier alpha value is -3.81. The normalized spacial score (nSPS) is 24.3. The maximum absolute atomic E-state index is 13.6. The quantitative estimate of drug-likeness (QED) is 0.204. The molecule has 6 rings (SSSR count). The lowest BCUT2D eigenvalue weighted by Crippen LogP contribution is -2.56. The van der Waals surface area contributed by atoms with Crippen molar-refractivity contribution in [1.29, 1.82) is 0 Å². The maximum Gasteiger partial charge on any atom is 0.416 e. The van der Waals surface area contributed by atoms with E-state index < -0.39 is 47.8 Å². The van der Waals surface area contributed by atoms with Crippen molar-refractivity contribution >= 4 is 0 Å². The van der Waals surface area contributed by atoms with Crippen LogP contribution >= 0.6 is 0 Å². The van der Waals surface area contributed by atoms with Gasteiger partial charge in [0.15, 0.2) is 5.82 Å². The minimum Gasteiger partial charge on any atom is -0.391 e. The average molecular weight is 646 g/mol. The van der Waals surface area contributed by atoms with Crippen LogP contribution in [0.4, 0.5) is 26.3 Å². The number of hydrogen-bond acceptors (Lipinski definition) is 6. The monoisotopic (exact) mass is 645 g/mol. The van der Waals surface area contributed by atoms with Crippen molar-refractivity contribution < 1.29 is 36.2 Å². The van der Waals surface area contributed by atoms with Crippen molar-refractivity contribution in [3.63, 3.8) is 0 Å². The third-order valence-corrected chi connectivity index (χ3v) is 8.96. The molecule has 1 N–H and O–H groups in total. The Balaban J connectivity index is 1.40. The Morgan fingerprint density at radius 3 is 2.13 bits per heavy atom. The van der Waals surface area contributed by atoms with Crippen LogP contribution < -0.4 is 0 Å². The van der Waals surface area contributed by atoms with Gasteiger partial charge in [-0.05, 0) is 66.3 Å². The Bertz CT molecular complexity index is 1600. The van der Waals surface area contributed by atoms with Gasteiger partial charge in [-0.3, -0.25) is 4.90 Å². The number of ether oxygens (including phenoxy) is 1. The predicted molar refractivity (Wildman–Crippen MR) is 155 cm³/mol. The summed E-state index contributed by atoms with van der Waals surface area (Å²) in [6, 6.07) is 21.0. The molecule has 46 heavy (non-hydrogen) atoms. The first-order chi connectivity index (χ1) is 21.8. The van der Waals surface area contributed by atoms with E-state index >= 15 is 0 Å². The van der Waals surface area contributed by atoms with E-state index in [2.05, 4.69) is 20.3 Å². The van der Waals surface area contributed by atoms with Gasteiger partial charge in [0.25, 0.3) is 0 Å². The molecule has 244 valence electrons. The third kappa shape index (κ3) is 6.40. The highest BCUT2D eigenvalue weighted by Gasteiger charge is 2.61. The van der Waals surface area contributed by atoms with Crippen LogP contribution in [0.5, 0.6) is 0 Å². The number of hydrogen-bond donors (Lipinski definition) is 1. The van der Waals surface area contributed by atoms with Gasteiger partial charge in [-0.15, -0.1) is 10.2 Å². The number of nitrogens with zero attached hydrogens (tertiary/aromatic N) is 5. The third-order valence-electron chi connectivity index (χ3n) is 8.96. The fourth-order valence-electron chi connectivity index (χ4n) is 7.07. The molecule has 0 aliphatic carbocycles. The number of fused-ring (bicyclic) bond motifs is 2. The second kappa shape index (κ2) is 12.4. The summed E-state index contributed by atoms with van der Waals surface area (Å²) < 4.78 is 88.2. The van der Waals surface area contributed by atoms with Gasteiger partial charge in [-0.25, -0.2) is 0 Å². The van der Waals surface area contributed by atoms with Crippen molar-refractivity contribution in [2.75, 3.05) is 0 Å². The van der Waals surface area contributed by atoms with Gasteiger partial charge in [0, 0.05) is 18.5 Å². The summed E-state index contributed by atoms with van der Waals surface area (Å²) in [6.07, 6.45) is -9.56. The number of tetrazole rings is 1. The summed E-state index contributed by atoms with van der Waals surface area (Å²) >= 11 is 0. The summed E-state index contributed by atoms with van der Waals surface area (Å²) in [5.41, 5.74) is -1.82. The lowest BCUT2D eigenvalue weighted by atomic mass is 9.78. The van der Waals surface area contributed by atoms with Crippen LogP contribution in [0.3, 0.4) is 0 Å². The van der Waals surface area contributed by atoms with Crippen LogP contribution in [0.25, 0.3) is 0 Å². The molecule has 0 radical (unpaired) electrons. The van der Waals surface area contributed by atoms with E-state index in [4.69, 9.17) is 4.74 Å². The minimum atomic E-state index is -4.96. The number of rotatable bonds is 9. The molecular weight excluding hydrogens is 612 g/mol. The standard InChI is InChI=1S/C33H33F6N5O2/c1-21(45)18-44-41-30(40-42-44)27-17-31(24-10-6-3-7-11-24)29(13-12-28(27)43(31)19-22-8-4-2-5-9-22)46-20-23-14-25(32(34,35)36)16-26(15-23)33(37,38)39/h2-11,14-16,21,27-29,45H,12-13,17-20H2,1H3/t21?,27-,28+,29-,31-/m1/s1. The molecule has 13 heteroatoms. The van der Waals surface area contributed by atoms with E-state index in [9.17, 15) is 31.4 Å². The first kappa shape index (κ1) is 32.1. The van der Waals surface area contributed by atoms with Gasteiger partial charge >= 0.3 is 12.4 Å². The average Bonchev–Trinajstić information content (AvgIpc) is 3.54. The molecule has 2 aliphatic rings. The fourth-order valence-corrected chi connectivity index (χ4v) is 7.07. The summed E-state index contributed by atoms with van der Waals surface area (Å²) in [6.45, 7) is 1.87. The molecule has 2 fully saturated rings. The maximum atomic E-state index is 13.6. The Labute approximate surface area is 261 Å². The second-order valence-electron chi connectivity index (χ2n) is 12.1. The molecule has 2 aliphatic heterocycles. The van der Waals surface area contributed by atoms with Gasteiger partial charge in [0.1, 0.15) is 0 Å². The molecule has 4 aromatic rings. The van der Waals surface area contributed by atoms with Crippen LogP contribution in [-0.2, 0) is 42.3 Å². The van der Waals surface area contributed by atoms with Gasteiger partial charge < -0.3 is 9.84 Å². The summed E-state index contributed by atoms with van der Waals surface area (Å²) in [4.78, 5) is 3.69. The van der Waals surface area contributed by atoms with Crippen LogP contribution in [0.2, 0.25) is 0 Å².